The second-order valence-electron chi connectivity index (χ2n) is 7.72. The van der Waals surface area contributed by atoms with Crippen molar-refractivity contribution in [1.82, 2.24) is 0 Å². The summed E-state index contributed by atoms with van der Waals surface area (Å²) >= 11 is 0. The molecule has 3 aliphatic carbocycles. The van der Waals surface area contributed by atoms with E-state index >= 15 is 0 Å². The van der Waals surface area contributed by atoms with Crippen LogP contribution in [-0.4, -0.2) is 18.0 Å². The van der Waals surface area contributed by atoms with Crippen LogP contribution in [0.15, 0.2) is 16.6 Å². The summed E-state index contributed by atoms with van der Waals surface area (Å²) in [5, 5.41) is 0. The van der Waals surface area contributed by atoms with Gasteiger partial charge in [0.05, 0.1) is 6.04 Å². The molecule has 2 heteroatoms. The molecule has 0 saturated heterocycles. The maximum atomic E-state index is 6.38. The van der Waals surface area contributed by atoms with E-state index in [-0.39, 0.29) is 0 Å². The molecule has 0 aromatic carbocycles. The Bertz CT molecular complexity index is 476. The zero-order chi connectivity index (χ0) is 13.3. The van der Waals surface area contributed by atoms with Crippen molar-refractivity contribution in [3.63, 3.8) is 0 Å². The van der Waals surface area contributed by atoms with E-state index in [9.17, 15) is 0 Å². The molecule has 0 aromatic rings. The molecule has 4 atom stereocenters. The molecule has 2 saturated carbocycles. The second-order valence-corrected chi connectivity index (χ2v) is 7.72. The van der Waals surface area contributed by atoms with E-state index in [0.29, 0.717) is 23.0 Å². The quantitative estimate of drug-likeness (QED) is 0.694. The third-order valence-corrected chi connectivity index (χ3v) is 6.79. The van der Waals surface area contributed by atoms with E-state index in [4.69, 9.17) is 9.73 Å². The average Bonchev–Trinajstić information content (AvgIpc) is 2.97. The average molecular weight is 259 g/mol. The van der Waals surface area contributed by atoms with Gasteiger partial charge in [0.25, 0.3) is 0 Å². The molecule has 1 heterocycles. The minimum Gasteiger partial charge on any atom is -0.471 e. The van der Waals surface area contributed by atoms with E-state index in [1.807, 2.05) is 0 Å². The molecule has 2 fully saturated rings. The van der Waals surface area contributed by atoms with Crippen molar-refractivity contribution in [2.24, 2.45) is 21.7 Å². The fraction of sp³-hybridized carbons (Fsp3) is 0.824. The first-order valence-corrected chi connectivity index (χ1v) is 7.98. The smallest absolute Gasteiger partial charge is 0.212 e. The van der Waals surface area contributed by atoms with Crippen LogP contribution in [0.3, 0.4) is 0 Å². The number of fused-ring (bicyclic) bond motifs is 5. The molecule has 2 bridgehead atoms. The lowest BCUT2D eigenvalue weighted by atomic mass is 9.70. The lowest BCUT2D eigenvalue weighted by Gasteiger charge is -2.37. The highest BCUT2D eigenvalue weighted by molar-refractivity contribution is 5.95. The molecule has 104 valence electrons. The normalized spacial score (nSPS) is 46.6. The summed E-state index contributed by atoms with van der Waals surface area (Å²) < 4.78 is 6.38. The Morgan fingerprint density at radius 1 is 1.26 bits per heavy atom. The van der Waals surface area contributed by atoms with Crippen LogP contribution in [0.4, 0.5) is 0 Å². The number of hydrogen-bond donors (Lipinski definition) is 0. The van der Waals surface area contributed by atoms with Crippen LogP contribution in [0.1, 0.15) is 59.3 Å². The first-order chi connectivity index (χ1) is 9.04. The van der Waals surface area contributed by atoms with Gasteiger partial charge in [-0.3, -0.25) is 0 Å². The summed E-state index contributed by atoms with van der Waals surface area (Å²) in [6.07, 6.45) is 10.4. The van der Waals surface area contributed by atoms with Gasteiger partial charge in [-0.25, -0.2) is 4.99 Å². The summed E-state index contributed by atoms with van der Waals surface area (Å²) in [5.41, 5.74) is 2.10. The zero-order valence-electron chi connectivity index (χ0n) is 12.4. The summed E-state index contributed by atoms with van der Waals surface area (Å²) in [5.74, 6) is 1.73. The fourth-order valence-electron chi connectivity index (χ4n) is 5.09. The molecule has 19 heavy (non-hydrogen) atoms. The molecule has 0 radical (unpaired) electrons. The lowest BCUT2D eigenvalue weighted by molar-refractivity contribution is 0.0282. The zero-order valence-corrected chi connectivity index (χ0v) is 12.4. The number of hydrogen-bond acceptors (Lipinski definition) is 2. The summed E-state index contributed by atoms with van der Waals surface area (Å²) in [4.78, 5) is 5.02. The highest BCUT2D eigenvalue weighted by Gasteiger charge is 2.69. The summed E-state index contributed by atoms with van der Waals surface area (Å²) in [6, 6.07) is 0.437. The van der Waals surface area contributed by atoms with Gasteiger partial charge in [0.2, 0.25) is 5.90 Å². The van der Waals surface area contributed by atoms with Crippen molar-refractivity contribution in [1.29, 1.82) is 0 Å². The summed E-state index contributed by atoms with van der Waals surface area (Å²) in [7, 11) is 0. The van der Waals surface area contributed by atoms with Gasteiger partial charge in [0.1, 0.15) is 6.10 Å². The Morgan fingerprint density at radius 2 is 2.11 bits per heavy atom. The molecule has 0 aromatic heterocycles. The van der Waals surface area contributed by atoms with Crippen molar-refractivity contribution >= 4 is 5.90 Å². The van der Waals surface area contributed by atoms with E-state index in [0.717, 1.165) is 11.8 Å². The largest absolute Gasteiger partial charge is 0.471 e. The van der Waals surface area contributed by atoms with E-state index in [2.05, 4.69) is 26.8 Å². The second kappa shape index (κ2) is 3.65. The first-order valence-electron chi connectivity index (χ1n) is 7.98. The van der Waals surface area contributed by atoms with Gasteiger partial charge in [-0.1, -0.05) is 26.8 Å². The third-order valence-electron chi connectivity index (χ3n) is 6.79. The number of aliphatic imine (C=N–C) groups is 1. The van der Waals surface area contributed by atoms with Gasteiger partial charge in [-0.05, 0) is 49.9 Å². The van der Waals surface area contributed by atoms with Gasteiger partial charge in [-0.2, -0.15) is 0 Å². The topological polar surface area (TPSA) is 21.6 Å². The maximum absolute atomic E-state index is 6.38. The van der Waals surface area contributed by atoms with Crippen molar-refractivity contribution in [2.75, 3.05) is 0 Å². The van der Waals surface area contributed by atoms with Crippen LogP contribution in [-0.2, 0) is 4.74 Å². The van der Waals surface area contributed by atoms with Crippen molar-refractivity contribution in [3.8, 4) is 0 Å². The van der Waals surface area contributed by atoms with Gasteiger partial charge in [-0.15, -0.1) is 0 Å². The van der Waals surface area contributed by atoms with Crippen LogP contribution in [0.25, 0.3) is 0 Å². The standard InChI is InChI=1S/C17H25NO/c1-16(2)12-9-10-17(16,3)14-13(12)18-15(19-14)11-7-5-4-6-8-11/h7,12-14H,4-6,8-10H2,1-3H3/t12?,13-,14-,17-/m1/s1. The third kappa shape index (κ3) is 1.35. The van der Waals surface area contributed by atoms with Crippen molar-refractivity contribution < 1.29 is 4.74 Å². The summed E-state index contributed by atoms with van der Waals surface area (Å²) in [6.45, 7) is 7.30. The van der Waals surface area contributed by atoms with Crippen LogP contribution >= 0.6 is 0 Å². The molecule has 4 rings (SSSR count). The number of rotatable bonds is 1. The predicted molar refractivity (Wildman–Crippen MR) is 77.3 cm³/mol. The van der Waals surface area contributed by atoms with Gasteiger partial charge >= 0.3 is 0 Å². The maximum Gasteiger partial charge on any atom is 0.212 e. The first kappa shape index (κ1) is 12.0. The van der Waals surface area contributed by atoms with Crippen molar-refractivity contribution in [2.45, 2.75) is 71.4 Å². The van der Waals surface area contributed by atoms with E-state index in [1.54, 1.807) is 0 Å². The molecule has 2 nitrogen and oxygen atoms in total. The predicted octanol–water partition coefficient (Wildman–Crippen LogP) is 4.11. The SMILES string of the molecule is CC1(C)C2CC[C@]1(C)[C@@H]1OC(C3=CCCCC3)=N[C@H]21. The Morgan fingerprint density at radius 3 is 2.79 bits per heavy atom. The molecule has 1 unspecified atom stereocenters. The molecule has 1 aliphatic heterocycles. The minimum atomic E-state index is 0.322. The highest BCUT2D eigenvalue weighted by atomic mass is 16.5. The van der Waals surface area contributed by atoms with Crippen LogP contribution in [0.2, 0.25) is 0 Å². The minimum absolute atomic E-state index is 0.322. The Balaban J connectivity index is 1.67. The van der Waals surface area contributed by atoms with Crippen LogP contribution < -0.4 is 0 Å². The van der Waals surface area contributed by atoms with Crippen LogP contribution in [0, 0.1) is 16.7 Å². The number of allylic oxidation sites excluding steroid dienone is 1. The molecule has 0 N–H and O–H groups in total. The Labute approximate surface area is 116 Å². The highest BCUT2D eigenvalue weighted by Crippen LogP contribution is 2.68. The number of nitrogens with zero attached hydrogens (tertiary/aromatic N) is 1. The fourth-order valence-corrected chi connectivity index (χ4v) is 5.09. The van der Waals surface area contributed by atoms with Crippen LogP contribution in [0.5, 0.6) is 0 Å². The van der Waals surface area contributed by atoms with Gasteiger partial charge < -0.3 is 4.74 Å². The van der Waals surface area contributed by atoms with Crippen molar-refractivity contribution in [3.05, 3.63) is 11.6 Å². The monoisotopic (exact) mass is 259 g/mol. The molecular formula is C17H25NO. The molecule has 4 aliphatic rings. The Hall–Kier alpha value is -0.790. The Kier molecular flexibility index (Phi) is 2.30. The van der Waals surface area contributed by atoms with E-state index in [1.165, 1.54) is 44.1 Å². The molecule has 0 spiro atoms. The number of ether oxygens (including phenoxy) is 1. The van der Waals surface area contributed by atoms with Gasteiger partial charge in [0, 0.05) is 11.0 Å². The van der Waals surface area contributed by atoms with E-state index < -0.39 is 0 Å². The van der Waals surface area contributed by atoms with Gasteiger partial charge in [0.15, 0.2) is 0 Å². The lowest BCUT2D eigenvalue weighted by Crippen LogP contribution is -2.39. The molecular weight excluding hydrogens is 234 g/mol. The molecule has 0 amide bonds.